The standard InChI is InChI=1S/C14H15F3N2O3S/c1-10-8-12(18-22-10)9-23(20,21)19-13-5-3-2-4-11(13)6-7-14(15,16)17/h2-5,8,19H,6-7,9H2,1H3. The fraction of sp³-hybridized carbons (Fsp3) is 0.357. The van der Waals surface area contributed by atoms with Crippen molar-refractivity contribution in [2.24, 2.45) is 0 Å². The van der Waals surface area contributed by atoms with E-state index in [0.29, 0.717) is 5.76 Å². The number of para-hydroxylation sites is 1. The normalized spacial score (nSPS) is 12.3. The van der Waals surface area contributed by atoms with Gasteiger partial charge in [-0.05, 0) is 25.0 Å². The van der Waals surface area contributed by atoms with Crippen molar-refractivity contribution in [1.82, 2.24) is 5.16 Å². The summed E-state index contributed by atoms with van der Waals surface area (Å²) in [7, 11) is -3.80. The first-order chi connectivity index (χ1) is 10.6. The highest BCUT2D eigenvalue weighted by atomic mass is 32.2. The molecule has 1 N–H and O–H groups in total. The van der Waals surface area contributed by atoms with Crippen LogP contribution >= 0.6 is 0 Å². The van der Waals surface area contributed by atoms with Gasteiger partial charge in [-0.3, -0.25) is 4.72 Å². The Morgan fingerprint density at radius 2 is 1.96 bits per heavy atom. The Morgan fingerprint density at radius 1 is 1.26 bits per heavy atom. The van der Waals surface area contributed by atoms with Crippen molar-refractivity contribution in [3.8, 4) is 0 Å². The van der Waals surface area contributed by atoms with Gasteiger partial charge in [-0.1, -0.05) is 23.4 Å². The molecule has 0 atom stereocenters. The summed E-state index contributed by atoms with van der Waals surface area (Å²) in [5.74, 6) is 0.0542. The van der Waals surface area contributed by atoms with E-state index >= 15 is 0 Å². The number of aromatic nitrogens is 1. The average molecular weight is 348 g/mol. The minimum atomic E-state index is -4.30. The lowest BCUT2D eigenvalue weighted by Gasteiger charge is -2.13. The maximum atomic E-state index is 12.3. The molecule has 0 saturated heterocycles. The predicted octanol–water partition coefficient (Wildman–Crippen LogP) is 3.42. The van der Waals surface area contributed by atoms with Crippen LogP contribution in [0.4, 0.5) is 18.9 Å². The number of sulfonamides is 1. The monoisotopic (exact) mass is 348 g/mol. The highest BCUT2D eigenvalue weighted by molar-refractivity contribution is 7.91. The zero-order chi connectivity index (χ0) is 17.1. The number of alkyl halides is 3. The molecule has 0 fully saturated rings. The van der Waals surface area contributed by atoms with Crippen LogP contribution in [0.2, 0.25) is 0 Å². The minimum absolute atomic E-state index is 0.136. The number of rotatable bonds is 6. The second-order valence-corrected chi connectivity index (χ2v) is 6.78. The van der Waals surface area contributed by atoms with Gasteiger partial charge in [0.05, 0.1) is 5.69 Å². The van der Waals surface area contributed by atoms with Gasteiger partial charge in [-0.25, -0.2) is 8.42 Å². The number of aryl methyl sites for hydroxylation is 2. The summed E-state index contributed by atoms with van der Waals surface area (Å²) in [5.41, 5.74) is 0.643. The first-order valence-electron chi connectivity index (χ1n) is 6.72. The molecule has 0 radical (unpaired) electrons. The minimum Gasteiger partial charge on any atom is -0.361 e. The zero-order valence-corrected chi connectivity index (χ0v) is 13.0. The molecule has 0 aliphatic heterocycles. The van der Waals surface area contributed by atoms with Gasteiger partial charge < -0.3 is 4.52 Å². The topological polar surface area (TPSA) is 72.2 Å². The van der Waals surface area contributed by atoms with E-state index in [2.05, 4.69) is 9.88 Å². The summed E-state index contributed by atoms with van der Waals surface area (Å²) in [4.78, 5) is 0. The molecule has 1 heterocycles. The van der Waals surface area contributed by atoms with E-state index in [1.54, 1.807) is 19.1 Å². The number of halogens is 3. The van der Waals surface area contributed by atoms with E-state index in [0.717, 1.165) is 0 Å². The largest absolute Gasteiger partial charge is 0.389 e. The first-order valence-corrected chi connectivity index (χ1v) is 8.37. The maximum absolute atomic E-state index is 12.3. The van der Waals surface area contributed by atoms with Crippen LogP contribution in [0.1, 0.15) is 23.4 Å². The summed E-state index contributed by atoms with van der Waals surface area (Å²) >= 11 is 0. The SMILES string of the molecule is Cc1cc(CS(=O)(=O)Nc2ccccc2CCC(F)(F)F)no1. The van der Waals surface area contributed by atoms with Gasteiger partial charge in [0.25, 0.3) is 0 Å². The molecule has 126 valence electrons. The van der Waals surface area contributed by atoms with Gasteiger partial charge in [0.1, 0.15) is 17.2 Å². The van der Waals surface area contributed by atoms with Gasteiger partial charge in [-0.2, -0.15) is 13.2 Å². The maximum Gasteiger partial charge on any atom is 0.389 e. The van der Waals surface area contributed by atoms with Gasteiger partial charge in [0.15, 0.2) is 0 Å². The highest BCUT2D eigenvalue weighted by Crippen LogP contribution is 2.26. The van der Waals surface area contributed by atoms with Crippen molar-refractivity contribution in [1.29, 1.82) is 0 Å². The molecule has 0 spiro atoms. The van der Waals surface area contributed by atoms with E-state index in [4.69, 9.17) is 4.52 Å². The molecule has 1 aromatic carbocycles. The quantitative estimate of drug-likeness (QED) is 0.868. The third kappa shape index (κ3) is 5.59. The molecule has 9 heteroatoms. The predicted molar refractivity (Wildman–Crippen MR) is 78.3 cm³/mol. The summed E-state index contributed by atoms with van der Waals surface area (Å²) in [6, 6.07) is 7.48. The summed E-state index contributed by atoms with van der Waals surface area (Å²) in [6.07, 6.45) is -5.62. The number of nitrogens with one attached hydrogen (secondary N) is 1. The Morgan fingerprint density at radius 3 is 2.57 bits per heavy atom. The van der Waals surface area contributed by atoms with Crippen molar-refractivity contribution in [3.63, 3.8) is 0 Å². The van der Waals surface area contributed by atoms with Gasteiger partial charge >= 0.3 is 6.18 Å². The van der Waals surface area contributed by atoms with Crippen LogP contribution in [0.15, 0.2) is 34.9 Å². The highest BCUT2D eigenvalue weighted by Gasteiger charge is 2.27. The summed E-state index contributed by atoms with van der Waals surface area (Å²) in [5, 5.41) is 3.59. The Balaban J connectivity index is 2.12. The number of nitrogens with zero attached hydrogens (tertiary/aromatic N) is 1. The summed E-state index contributed by atoms with van der Waals surface area (Å²) < 4.78 is 68.4. The van der Waals surface area contributed by atoms with Crippen LogP contribution in [-0.4, -0.2) is 19.8 Å². The smallest absolute Gasteiger partial charge is 0.361 e. The van der Waals surface area contributed by atoms with Crippen LogP contribution in [0.3, 0.4) is 0 Å². The average Bonchev–Trinajstić information content (AvgIpc) is 2.81. The van der Waals surface area contributed by atoms with Gasteiger partial charge in [-0.15, -0.1) is 0 Å². The Hall–Kier alpha value is -2.03. The van der Waals surface area contributed by atoms with E-state index in [-0.39, 0.29) is 23.4 Å². The van der Waals surface area contributed by atoms with Crippen LogP contribution < -0.4 is 4.72 Å². The van der Waals surface area contributed by atoms with Crippen molar-refractivity contribution < 1.29 is 26.1 Å². The second kappa shape index (κ2) is 6.61. The number of hydrogen-bond donors (Lipinski definition) is 1. The van der Waals surface area contributed by atoms with E-state index < -0.39 is 28.4 Å². The number of hydrogen-bond acceptors (Lipinski definition) is 4. The van der Waals surface area contributed by atoms with Crippen LogP contribution in [0.5, 0.6) is 0 Å². The fourth-order valence-corrected chi connectivity index (χ4v) is 3.13. The first kappa shape index (κ1) is 17.3. The van der Waals surface area contributed by atoms with E-state index in [1.807, 2.05) is 0 Å². The molecule has 2 rings (SSSR count). The Labute approximate surface area is 131 Å². The molecule has 0 bridgehead atoms. The molecule has 0 unspecified atom stereocenters. The molecule has 1 aromatic heterocycles. The molecule has 23 heavy (non-hydrogen) atoms. The molecule has 0 amide bonds. The molecular weight excluding hydrogens is 333 g/mol. The molecule has 0 aliphatic rings. The third-order valence-electron chi connectivity index (χ3n) is 2.98. The zero-order valence-electron chi connectivity index (χ0n) is 12.2. The van der Waals surface area contributed by atoms with Gasteiger partial charge in [0.2, 0.25) is 10.0 Å². The van der Waals surface area contributed by atoms with Crippen LogP contribution in [0, 0.1) is 6.92 Å². The van der Waals surface area contributed by atoms with Crippen LogP contribution in [0.25, 0.3) is 0 Å². The lowest BCUT2D eigenvalue weighted by atomic mass is 10.1. The molecular formula is C14H15F3N2O3S. The molecule has 0 aliphatic carbocycles. The van der Waals surface area contributed by atoms with E-state index in [1.165, 1.54) is 18.2 Å². The lowest BCUT2D eigenvalue weighted by molar-refractivity contribution is -0.133. The van der Waals surface area contributed by atoms with Crippen molar-refractivity contribution in [3.05, 3.63) is 47.3 Å². The fourth-order valence-electron chi connectivity index (χ4n) is 2.00. The Bertz CT molecular complexity index is 770. The Kier molecular flexibility index (Phi) is 4.98. The number of benzene rings is 1. The number of anilines is 1. The molecule has 0 saturated carbocycles. The van der Waals surface area contributed by atoms with Gasteiger partial charge in [0, 0.05) is 12.5 Å². The second-order valence-electron chi connectivity index (χ2n) is 5.06. The van der Waals surface area contributed by atoms with Crippen molar-refractivity contribution in [2.45, 2.75) is 31.7 Å². The van der Waals surface area contributed by atoms with Crippen molar-refractivity contribution >= 4 is 15.7 Å². The third-order valence-corrected chi connectivity index (χ3v) is 4.18. The molecule has 5 nitrogen and oxygen atoms in total. The summed E-state index contributed by atoms with van der Waals surface area (Å²) in [6.45, 7) is 1.63. The van der Waals surface area contributed by atoms with Crippen LogP contribution in [-0.2, 0) is 22.2 Å². The molecule has 2 aromatic rings. The lowest BCUT2D eigenvalue weighted by Crippen LogP contribution is -2.17. The van der Waals surface area contributed by atoms with Crippen molar-refractivity contribution in [2.75, 3.05) is 4.72 Å². The van der Waals surface area contributed by atoms with E-state index in [9.17, 15) is 21.6 Å².